The molecule has 6 heteroatoms. The molecular formula is C14H17ClN4O. The molecule has 5 nitrogen and oxygen atoms in total. The third kappa shape index (κ3) is 3.05. The van der Waals surface area contributed by atoms with Crippen molar-refractivity contribution in [2.24, 2.45) is 0 Å². The molecule has 0 aliphatic carbocycles. The number of para-hydroxylation sites is 1. The van der Waals surface area contributed by atoms with Crippen LogP contribution in [0, 0.1) is 0 Å². The summed E-state index contributed by atoms with van der Waals surface area (Å²) in [5.41, 5.74) is 2.00. The van der Waals surface area contributed by atoms with Gasteiger partial charge in [-0.15, -0.1) is 12.4 Å². The number of hydrogen-bond donors (Lipinski definition) is 2. The first-order valence-corrected chi connectivity index (χ1v) is 6.56. The van der Waals surface area contributed by atoms with E-state index in [-0.39, 0.29) is 24.4 Å². The predicted octanol–water partition coefficient (Wildman–Crippen LogP) is 1.53. The van der Waals surface area contributed by atoms with Gasteiger partial charge in [0.1, 0.15) is 5.52 Å². The van der Waals surface area contributed by atoms with Gasteiger partial charge in [-0.3, -0.25) is 14.8 Å². The Morgan fingerprint density at radius 1 is 1.30 bits per heavy atom. The Labute approximate surface area is 123 Å². The first-order valence-electron chi connectivity index (χ1n) is 6.56. The van der Waals surface area contributed by atoms with E-state index in [1.54, 1.807) is 18.5 Å². The number of piperidine rings is 1. The summed E-state index contributed by atoms with van der Waals surface area (Å²) in [5, 5.41) is 6.34. The number of nitrogens with one attached hydrogen (secondary N) is 2. The quantitative estimate of drug-likeness (QED) is 0.881. The van der Waals surface area contributed by atoms with Crippen molar-refractivity contribution in [1.29, 1.82) is 0 Å². The smallest absolute Gasteiger partial charge is 0.253 e. The molecule has 20 heavy (non-hydrogen) atoms. The predicted molar refractivity (Wildman–Crippen MR) is 80.1 cm³/mol. The molecule has 2 N–H and O–H groups in total. The molecule has 0 radical (unpaired) electrons. The van der Waals surface area contributed by atoms with Crippen molar-refractivity contribution in [2.45, 2.75) is 18.9 Å². The van der Waals surface area contributed by atoms with Crippen molar-refractivity contribution in [2.75, 3.05) is 13.1 Å². The second kappa shape index (κ2) is 6.63. The lowest BCUT2D eigenvalue weighted by atomic mass is 10.1. The number of amides is 1. The number of benzene rings is 1. The van der Waals surface area contributed by atoms with Crippen LogP contribution in [-0.2, 0) is 0 Å². The van der Waals surface area contributed by atoms with Crippen molar-refractivity contribution in [1.82, 2.24) is 20.6 Å². The molecule has 1 amide bonds. The van der Waals surface area contributed by atoms with E-state index in [0.717, 1.165) is 31.4 Å². The van der Waals surface area contributed by atoms with Crippen LogP contribution in [-0.4, -0.2) is 35.0 Å². The third-order valence-electron chi connectivity index (χ3n) is 3.38. The van der Waals surface area contributed by atoms with Gasteiger partial charge in [0.2, 0.25) is 0 Å². The van der Waals surface area contributed by atoms with Crippen LogP contribution in [0.5, 0.6) is 0 Å². The lowest BCUT2D eigenvalue weighted by Gasteiger charge is -2.23. The number of aromatic nitrogens is 2. The van der Waals surface area contributed by atoms with Crippen LogP contribution in [0.2, 0.25) is 0 Å². The van der Waals surface area contributed by atoms with Gasteiger partial charge < -0.3 is 10.6 Å². The summed E-state index contributed by atoms with van der Waals surface area (Å²) in [6.07, 6.45) is 5.37. The summed E-state index contributed by atoms with van der Waals surface area (Å²) in [7, 11) is 0. The molecule has 106 valence electrons. The maximum Gasteiger partial charge on any atom is 0.253 e. The van der Waals surface area contributed by atoms with Crippen LogP contribution < -0.4 is 10.6 Å². The number of nitrogens with zero attached hydrogens (tertiary/aromatic N) is 2. The molecule has 0 spiro atoms. The molecule has 1 atom stereocenters. The van der Waals surface area contributed by atoms with Crippen LogP contribution >= 0.6 is 12.4 Å². The van der Waals surface area contributed by atoms with Gasteiger partial charge in [0, 0.05) is 25.0 Å². The summed E-state index contributed by atoms with van der Waals surface area (Å²) in [6.45, 7) is 1.87. The lowest BCUT2D eigenvalue weighted by Crippen LogP contribution is -2.45. The zero-order chi connectivity index (χ0) is 13.1. The fourth-order valence-corrected chi connectivity index (χ4v) is 2.41. The van der Waals surface area contributed by atoms with E-state index in [2.05, 4.69) is 20.6 Å². The van der Waals surface area contributed by atoms with Crippen LogP contribution in [0.15, 0.2) is 30.6 Å². The summed E-state index contributed by atoms with van der Waals surface area (Å²) < 4.78 is 0. The maximum absolute atomic E-state index is 12.3. The first kappa shape index (κ1) is 14.7. The molecular weight excluding hydrogens is 276 g/mol. The molecule has 0 saturated carbocycles. The molecule has 2 heterocycles. The zero-order valence-corrected chi connectivity index (χ0v) is 11.8. The Morgan fingerprint density at radius 2 is 2.15 bits per heavy atom. The van der Waals surface area contributed by atoms with E-state index >= 15 is 0 Å². The summed E-state index contributed by atoms with van der Waals surface area (Å²) in [5.74, 6) is -0.0696. The summed E-state index contributed by atoms with van der Waals surface area (Å²) in [6, 6.07) is 5.70. The molecule has 1 fully saturated rings. The van der Waals surface area contributed by atoms with E-state index < -0.39 is 0 Å². The van der Waals surface area contributed by atoms with E-state index in [1.807, 2.05) is 12.1 Å². The molecule has 1 unspecified atom stereocenters. The fraction of sp³-hybridized carbons (Fsp3) is 0.357. The molecule has 1 aromatic carbocycles. The molecule has 1 saturated heterocycles. The van der Waals surface area contributed by atoms with Crippen LogP contribution in [0.3, 0.4) is 0 Å². The fourth-order valence-electron chi connectivity index (χ4n) is 2.41. The highest BCUT2D eigenvalue weighted by atomic mass is 35.5. The monoisotopic (exact) mass is 292 g/mol. The zero-order valence-electron chi connectivity index (χ0n) is 11.0. The highest BCUT2D eigenvalue weighted by Crippen LogP contribution is 2.14. The highest BCUT2D eigenvalue weighted by molar-refractivity contribution is 6.04. The number of rotatable bonds is 2. The van der Waals surface area contributed by atoms with Gasteiger partial charge in [0.15, 0.2) is 0 Å². The standard InChI is InChI=1S/C14H16N4O.ClH/c19-14(18-10-3-2-6-15-9-10)11-4-1-5-12-13(11)17-8-7-16-12;/h1,4-5,7-8,10,15H,2-3,6,9H2,(H,18,19);1H. The topological polar surface area (TPSA) is 66.9 Å². The molecule has 1 aliphatic rings. The van der Waals surface area contributed by atoms with Crippen molar-refractivity contribution < 1.29 is 4.79 Å². The Balaban J connectivity index is 0.00000147. The van der Waals surface area contributed by atoms with Gasteiger partial charge in [0.25, 0.3) is 5.91 Å². The number of halogens is 1. The largest absolute Gasteiger partial charge is 0.348 e. The van der Waals surface area contributed by atoms with E-state index in [0.29, 0.717) is 11.1 Å². The van der Waals surface area contributed by atoms with Gasteiger partial charge in [-0.05, 0) is 31.5 Å². The molecule has 3 rings (SSSR count). The molecule has 1 aromatic heterocycles. The Hall–Kier alpha value is -1.72. The van der Waals surface area contributed by atoms with Gasteiger partial charge in [-0.25, -0.2) is 0 Å². The second-order valence-corrected chi connectivity index (χ2v) is 4.75. The van der Waals surface area contributed by atoms with Gasteiger partial charge in [0.05, 0.1) is 11.1 Å². The normalized spacial score (nSPS) is 18.3. The number of carbonyl (C=O) groups excluding carboxylic acids is 1. The SMILES string of the molecule is Cl.O=C(NC1CCCNC1)c1cccc2nccnc12. The maximum atomic E-state index is 12.3. The Kier molecular flexibility index (Phi) is 4.87. The third-order valence-corrected chi connectivity index (χ3v) is 3.38. The number of carbonyl (C=O) groups is 1. The lowest BCUT2D eigenvalue weighted by molar-refractivity contribution is 0.0932. The molecule has 1 aliphatic heterocycles. The number of hydrogen-bond acceptors (Lipinski definition) is 4. The van der Waals surface area contributed by atoms with E-state index in [4.69, 9.17) is 0 Å². The molecule has 0 bridgehead atoms. The second-order valence-electron chi connectivity index (χ2n) is 4.75. The first-order chi connectivity index (χ1) is 9.34. The summed E-state index contributed by atoms with van der Waals surface area (Å²) >= 11 is 0. The Bertz CT molecular complexity index is 593. The van der Waals surface area contributed by atoms with Crippen molar-refractivity contribution in [3.8, 4) is 0 Å². The minimum atomic E-state index is -0.0696. The van der Waals surface area contributed by atoms with Gasteiger partial charge >= 0.3 is 0 Å². The Morgan fingerprint density at radius 3 is 2.95 bits per heavy atom. The molecule has 2 aromatic rings. The minimum Gasteiger partial charge on any atom is -0.348 e. The van der Waals surface area contributed by atoms with Crippen molar-refractivity contribution in [3.63, 3.8) is 0 Å². The number of fused-ring (bicyclic) bond motifs is 1. The average molecular weight is 293 g/mol. The highest BCUT2D eigenvalue weighted by Gasteiger charge is 2.18. The minimum absolute atomic E-state index is 0. The van der Waals surface area contributed by atoms with Gasteiger partial charge in [-0.1, -0.05) is 6.07 Å². The van der Waals surface area contributed by atoms with Crippen molar-refractivity contribution in [3.05, 3.63) is 36.2 Å². The van der Waals surface area contributed by atoms with Gasteiger partial charge in [-0.2, -0.15) is 0 Å². The van der Waals surface area contributed by atoms with Crippen LogP contribution in [0.4, 0.5) is 0 Å². The van der Waals surface area contributed by atoms with Crippen LogP contribution in [0.1, 0.15) is 23.2 Å². The van der Waals surface area contributed by atoms with Crippen molar-refractivity contribution >= 4 is 29.3 Å². The van der Waals surface area contributed by atoms with E-state index in [1.165, 1.54) is 0 Å². The summed E-state index contributed by atoms with van der Waals surface area (Å²) in [4.78, 5) is 20.8. The average Bonchev–Trinajstić information content (AvgIpc) is 2.47. The van der Waals surface area contributed by atoms with E-state index in [9.17, 15) is 4.79 Å². The van der Waals surface area contributed by atoms with Crippen LogP contribution in [0.25, 0.3) is 11.0 Å².